The lowest BCUT2D eigenvalue weighted by Crippen LogP contribution is -2.52. The number of hydrogen-bond acceptors (Lipinski definition) is 5. The summed E-state index contributed by atoms with van der Waals surface area (Å²) < 4.78 is 32.4. The molecule has 116 valence electrons. The van der Waals surface area contributed by atoms with Gasteiger partial charge in [-0.15, -0.1) is 0 Å². The highest BCUT2D eigenvalue weighted by Gasteiger charge is 2.47. The summed E-state index contributed by atoms with van der Waals surface area (Å²) in [6.45, 7) is 0.105. The molecule has 2 aliphatic heterocycles. The molecule has 1 N–H and O–H groups in total. The highest BCUT2D eigenvalue weighted by molar-refractivity contribution is 7.86. The largest absolute Gasteiger partial charge is 0.469 e. The minimum Gasteiger partial charge on any atom is -0.469 e. The first-order valence-corrected chi connectivity index (χ1v) is 8.25. The quantitative estimate of drug-likeness (QED) is 0.706. The SMILES string of the molecule is COC(=O)CCN(C)S(=O)(=O)N1C2CCC1CC(O)C2. The van der Waals surface area contributed by atoms with E-state index < -0.39 is 22.3 Å². The van der Waals surface area contributed by atoms with Crippen molar-refractivity contribution in [3.8, 4) is 0 Å². The van der Waals surface area contributed by atoms with Gasteiger partial charge >= 0.3 is 5.97 Å². The summed E-state index contributed by atoms with van der Waals surface area (Å²) in [5.74, 6) is -0.427. The van der Waals surface area contributed by atoms with Crippen LogP contribution in [0.4, 0.5) is 0 Å². The first-order valence-electron chi connectivity index (χ1n) is 6.86. The summed E-state index contributed by atoms with van der Waals surface area (Å²) in [5, 5.41) is 9.72. The molecular weight excluding hydrogens is 284 g/mol. The van der Waals surface area contributed by atoms with Gasteiger partial charge < -0.3 is 9.84 Å². The van der Waals surface area contributed by atoms with E-state index in [0.717, 1.165) is 12.8 Å². The van der Waals surface area contributed by atoms with Crippen molar-refractivity contribution >= 4 is 16.2 Å². The number of ether oxygens (including phenoxy) is 1. The van der Waals surface area contributed by atoms with Gasteiger partial charge in [-0.05, 0) is 25.7 Å². The van der Waals surface area contributed by atoms with E-state index in [1.54, 1.807) is 0 Å². The van der Waals surface area contributed by atoms with Crippen LogP contribution in [0.25, 0.3) is 0 Å². The molecule has 2 atom stereocenters. The van der Waals surface area contributed by atoms with Gasteiger partial charge in [0.05, 0.1) is 19.6 Å². The predicted molar refractivity (Wildman–Crippen MR) is 72.1 cm³/mol. The van der Waals surface area contributed by atoms with Crippen molar-refractivity contribution in [1.82, 2.24) is 8.61 Å². The van der Waals surface area contributed by atoms with Gasteiger partial charge in [0.1, 0.15) is 0 Å². The number of esters is 1. The lowest BCUT2D eigenvalue weighted by Gasteiger charge is -2.38. The molecule has 2 rings (SSSR count). The molecule has 0 spiro atoms. The molecule has 0 aromatic rings. The van der Waals surface area contributed by atoms with Crippen molar-refractivity contribution < 1.29 is 23.1 Å². The molecule has 0 aliphatic carbocycles. The lowest BCUT2D eigenvalue weighted by atomic mass is 10.0. The van der Waals surface area contributed by atoms with Crippen molar-refractivity contribution in [2.75, 3.05) is 20.7 Å². The fraction of sp³-hybridized carbons (Fsp3) is 0.917. The molecule has 2 saturated heterocycles. The molecular formula is C12H22N2O5S. The molecule has 7 nitrogen and oxygen atoms in total. The number of nitrogens with zero attached hydrogens (tertiary/aromatic N) is 2. The molecule has 0 aromatic heterocycles. The Kier molecular flexibility index (Phi) is 4.68. The molecule has 20 heavy (non-hydrogen) atoms. The monoisotopic (exact) mass is 306 g/mol. The van der Waals surface area contributed by atoms with E-state index in [4.69, 9.17) is 0 Å². The molecule has 2 heterocycles. The number of carbonyl (C=O) groups is 1. The Morgan fingerprint density at radius 2 is 1.90 bits per heavy atom. The molecule has 2 fully saturated rings. The number of piperidine rings is 1. The predicted octanol–water partition coefficient (Wildman–Crippen LogP) is -0.286. The van der Waals surface area contributed by atoms with E-state index in [0.29, 0.717) is 12.8 Å². The Morgan fingerprint density at radius 3 is 2.40 bits per heavy atom. The zero-order valence-corrected chi connectivity index (χ0v) is 12.7. The molecule has 0 amide bonds. The number of aliphatic hydroxyl groups excluding tert-OH is 1. The van der Waals surface area contributed by atoms with E-state index in [1.807, 2.05) is 0 Å². The molecule has 8 heteroatoms. The van der Waals surface area contributed by atoms with Crippen molar-refractivity contribution in [3.63, 3.8) is 0 Å². The van der Waals surface area contributed by atoms with Gasteiger partial charge in [0, 0.05) is 25.7 Å². The standard InChI is InChI=1S/C12H22N2O5S/c1-13(6-5-12(16)19-2)20(17,18)14-9-3-4-10(14)8-11(15)7-9/h9-11,15H,3-8H2,1-2H3. The van der Waals surface area contributed by atoms with Crippen molar-refractivity contribution in [1.29, 1.82) is 0 Å². The van der Waals surface area contributed by atoms with Crippen LogP contribution in [-0.2, 0) is 19.7 Å². The maximum absolute atomic E-state index is 12.6. The third-order valence-electron chi connectivity index (χ3n) is 4.16. The van der Waals surface area contributed by atoms with Gasteiger partial charge in [-0.1, -0.05) is 0 Å². The average Bonchev–Trinajstić information content (AvgIpc) is 2.69. The average molecular weight is 306 g/mol. The summed E-state index contributed by atoms with van der Waals surface area (Å²) in [4.78, 5) is 11.1. The molecule has 2 bridgehead atoms. The van der Waals surface area contributed by atoms with E-state index in [-0.39, 0.29) is 25.0 Å². The summed E-state index contributed by atoms with van der Waals surface area (Å²) >= 11 is 0. The van der Waals surface area contributed by atoms with Crippen LogP contribution in [0.5, 0.6) is 0 Å². The molecule has 0 saturated carbocycles. The molecule has 2 unspecified atom stereocenters. The zero-order chi connectivity index (χ0) is 14.9. The number of aliphatic hydroxyl groups is 1. The first-order chi connectivity index (χ1) is 9.36. The fourth-order valence-corrected chi connectivity index (χ4v) is 4.89. The van der Waals surface area contributed by atoms with Gasteiger partial charge in [0.2, 0.25) is 0 Å². The lowest BCUT2D eigenvalue weighted by molar-refractivity contribution is -0.140. The second-order valence-electron chi connectivity index (χ2n) is 5.50. The summed E-state index contributed by atoms with van der Waals surface area (Å²) in [7, 11) is -0.822. The van der Waals surface area contributed by atoms with E-state index in [2.05, 4.69) is 4.74 Å². The fourth-order valence-electron chi connectivity index (χ4n) is 3.11. The zero-order valence-electron chi connectivity index (χ0n) is 11.9. The maximum Gasteiger partial charge on any atom is 0.306 e. The second kappa shape index (κ2) is 5.97. The van der Waals surface area contributed by atoms with Crippen LogP contribution < -0.4 is 0 Å². The Morgan fingerprint density at radius 1 is 1.35 bits per heavy atom. The molecule has 0 aromatic carbocycles. The van der Waals surface area contributed by atoms with Gasteiger partial charge in [-0.25, -0.2) is 0 Å². The second-order valence-corrected chi connectivity index (χ2v) is 7.44. The van der Waals surface area contributed by atoms with E-state index >= 15 is 0 Å². The highest BCUT2D eigenvalue weighted by atomic mass is 32.2. The van der Waals surface area contributed by atoms with E-state index in [9.17, 15) is 18.3 Å². The van der Waals surface area contributed by atoms with Gasteiger partial charge in [-0.2, -0.15) is 17.0 Å². The summed E-state index contributed by atoms with van der Waals surface area (Å²) in [6, 6.07) is -0.233. The Bertz CT molecular complexity index is 452. The minimum absolute atomic E-state index is 0.0397. The van der Waals surface area contributed by atoms with Crippen LogP contribution in [0.15, 0.2) is 0 Å². The van der Waals surface area contributed by atoms with Crippen molar-refractivity contribution in [2.45, 2.75) is 50.3 Å². The van der Waals surface area contributed by atoms with E-state index in [1.165, 1.54) is 22.8 Å². The number of fused-ring (bicyclic) bond motifs is 2. The van der Waals surface area contributed by atoms with Crippen LogP contribution >= 0.6 is 0 Å². The Balaban J connectivity index is 2.05. The maximum atomic E-state index is 12.6. The van der Waals surface area contributed by atoms with Gasteiger partial charge in [-0.3, -0.25) is 4.79 Å². The molecule has 0 radical (unpaired) electrons. The smallest absolute Gasteiger partial charge is 0.306 e. The topological polar surface area (TPSA) is 87.2 Å². The summed E-state index contributed by atoms with van der Waals surface area (Å²) in [6.07, 6.45) is 2.23. The highest BCUT2D eigenvalue weighted by Crippen LogP contribution is 2.38. The van der Waals surface area contributed by atoms with Crippen molar-refractivity contribution in [2.24, 2.45) is 0 Å². The van der Waals surface area contributed by atoms with Crippen LogP contribution in [0, 0.1) is 0 Å². The third-order valence-corrected chi connectivity index (χ3v) is 6.26. The third kappa shape index (κ3) is 2.98. The molecule has 2 aliphatic rings. The number of methoxy groups -OCH3 is 1. The van der Waals surface area contributed by atoms with Gasteiger partial charge in [0.25, 0.3) is 10.2 Å². The summed E-state index contributed by atoms with van der Waals surface area (Å²) in [5.41, 5.74) is 0. The van der Waals surface area contributed by atoms with Crippen LogP contribution in [0.3, 0.4) is 0 Å². The Labute approximate surface area is 119 Å². The first kappa shape index (κ1) is 15.7. The normalized spacial score (nSPS) is 30.7. The Hall–Kier alpha value is -0.700. The van der Waals surface area contributed by atoms with Gasteiger partial charge in [0.15, 0.2) is 0 Å². The van der Waals surface area contributed by atoms with Crippen LogP contribution in [-0.4, -0.2) is 67.0 Å². The number of rotatable bonds is 5. The van der Waals surface area contributed by atoms with Crippen molar-refractivity contribution in [3.05, 3.63) is 0 Å². The van der Waals surface area contributed by atoms with Crippen LogP contribution in [0.2, 0.25) is 0 Å². The van der Waals surface area contributed by atoms with Crippen LogP contribution in [0.1, 0.15) is 32.1 Å². The number of carbonyl (C=O) groups excluding carboxylic acids is 1. The number of hydrogen-bond donors (Lipinski definition) is 1. The minimum atomic E-state index is -3.58.